The zero-order valence-electron chi connectivity index (χ0n) is 9.49. The Kier molecular flexibility index (Phi) is 8.22. The molecule has 4 nitrogen and oxygen atoms in total. The SMILES string of the molecule is CCOC(=O)C(F)OCCOCC(C)C. The first kappa shape index (κ1) is 14.3. The second-order valence-electron chi connectivity index (χ2n) is 3.41. The van der Waals surface area contributed by atoms with Crippen molar-refractivity contribution in [1.82, 2.24) is 0 Å². The summed E-state index contributed by atoms with van der Waals surface area (Å²) in [4.78, 5) is 10.8. The Labute approximate surface area is 89.7 Å². The fourth-order valence-electron chi connectivity index (χ4n) is 0.805. The quantitative estimate of drug-likeness (QED) is 0.461. The fraction of sp³-hybridized carbons (Fsp3) is 0.900. The molecule has 0 aliphatic carbocycles. The van der Waals surface area contributed by atoms with Gasteiger partial charge in [-0.1, -0.05) is 13.8 Å². The minimum absolute atomic E-state index is 0.0483. The van der Waals surface area contributed by atoms with Crippen molar-refractivity contribution in [2.75, 3.05) is 26.4 Å². The van der Waals surface area contributed by atoms with Gasteiger partial charge in [0, 0.05) is 6.61 Å². The van der Waals surface area contributed by atoms with Crippen molar-refractivity contribution in [2.24, 2.45) is 5.92 Å². The van der Waals surface area contributed by atoms with Gasteiger partial charge in [-0.05, 0) is 12.8 Å². The van der Waals surface area contributed by atoms with Crippen molar-refractivity contribution in [1.29, 1.82) is 0 Å². The summed E-state index contributed by atoms with van der Waals surface area (Å²) >= 11 is 0. The summed E-state index contributed by atoms with van der Waals surface area (Å²) in [6, 6.07) is 0. The molecule has 0 heterocycles. The number of carbonyl (C=O) groups is 1. The van der Waals surface area contributed by atoms with Gasteiger partial charge in [0.15, 0.2) is 0 Å². The minimum Gasteiger partial charge on any atom is -0.462 e. The smallest absolute Gasteiger partial charge is 0.368 e. The van der Waals surface area contributed by atoms with Gasteiger partial charge < -0.3 is 14.2 Å². The number of halogens is 1. The third-order valence-corrected chi connectivity index (χ3v) is 1.41. The topological polar surface area (TPSA) is 44.8 Å². The average Bonchev–Trinajstić information content (AvgIpc) is 2.16. The Morgan fingerprint density at radius 3 is 2.53 bits per heavy atom. The van der Waals surface area contributed by atoms with Crippen molar-refractivity contribution in [3.63, 3.8) is 0 Å². The van der Waals surface area contributed by atoms with Crippen LogP contribution >= 0.6 is 0 Å². The standard InChI is InChI=1S/C10H19FO4/c1-4-14-10(12)9(11)15-6-5-13-7-8(2)3/h8-9H,4-7H2,1-3H3. The molecular weight excluding hydrogens is 203 g/mol. The van der Waals surface area contributed by atoms with Crippen molar-refractivity contribution >= 4 is 5.97 Å². The molecule has 0 aromatic heterocycles. The molecule has 0 radical (unpaired) electrons. The van der Waals surface area contributed by atoms with E-state index in [1.54, 1.807) is 6.92 Å². The molecule has 0 aliphatic rings. The first-order valence-corrected chi connectivity index (χ1v) is 5.08. The van der Waals surface area contributed by atoms with Crippen molar-refractivity contribution < 1.29 is 23.4 Å². The van der Waals surface area contributed by atoms with Gasteiger partial charge in [0.25, 0.3) is 6.36 Å². The van der Waals surface area contributed by atoms with Crippen LogP contribution in [0.15, 0.2) is 0 Å². The van der Waals surface area contributed by atoms with E-state index in [2.05, 4.69) is 9.47 Å². The molecule has 0 bridgehead atoms. The molecule has 0 aliphatic heterocycles. The van der Waals surface area contributed by atoms with Crippen molar-refractivity contribution in [3.8, 4) is 0 Å². The second kappa shape index (κ2) is 8.61. The number of ether oxygens (including phenoxy) is 3. The average molecular weight is 222 g/mol. The van der Waals surface area contributed by atoms with Crippen LogP contribution in [0.5, 0.6) is 0 Å². The number of hydrogen-bond acceptors (Lipinski definition) is 4. The van der Waals surface area contributed by atoms with E-state index in [1.165, 1.54) is 0 Å². The molecule has 0 N–H and O–H groups in total. The van der Waals surface area contributed by atoms with Gasteiger partial charge in [-0.3, -0.25) is 0 Å². The maximum atomic E-state index is 12.8. The van der Waals surface area contributed by atoms with E-state index < -0.39 is 12.3 Å². The highest BCUT2D eigenvalue weighted by molar-refractivity contribution is 5.72. The molecular formula is C10H19FO4. The second-order valence-corrected chi connectivity index (χ2v) is 3.41. The number of carbonyl (C=O) groups excluding carboxylic acids is 1. The lowest BCUT2D eigenvalue weighted by molar-refractivity contribution is -0.171. The maximum Gasteiger partial charge on any atom is 0.368 e. The highest BCUT2D eigenvalue weighted by Gasteiger charge is 2.18. The summed E-state index contributed by atoms with van der Waals surface area (Å²) in [6.07, 6.45) is -2.01. The molecule has 1 unspecified atom stereocenters. The Hall–Kier alpha value is -0.680. The molecule has 5 heteroatoms. The van der Waals surface area contributed by atoms with Gasteiger partial charge in [-0.15, -0.1) is 0 Å². The van der Waals surface area contributed by atoms with E-state index in [1.807, 2.05) is 13.8 Å². The van der Waals surface area contributed by atoms with Crippen LogP contribution in [0.25, 0.3) is 0 Å². The highest BCUT2D eigenvalue weighted by Crippen LogP contribution is 1.98. The van der Waals surface area contributed by atoms with E-state index >= 15 is 0 Å². The van der Waals surface area contributed by atoms with E-state index in [4.69, 9.17) is 4.74 Å². The van der Waals surface area contributed by atoms with Crippen LogP contribution in [0.4, 0.5) is 4.39 Å². The van der Waals surface area contributed by atoms with Crippen LogP contribution in [0.2, 0.25) is 0 Å². The van der Waals surface area contributed by atoms with E-state index in [0.717, 1.165) is 0 Å². The monoisotopic (exact) mass is 222 g/mol. The predicted octanol–water partition coefficient (Wildman–Crippen LogP) is 1.53. The summed E-state index contributed by atoms with van der Waals surface area (Å²) in [7, 11) is 0. The molecule has 90 valence electrons. The molecule has 15 heavy (non-hydrogen) atoms. The number of hydrogen-bond donors (Lipinski definition) is 0. The molecule has 1 atom stereocenters. The minimum atomic E-state index is -2.01. The van der Waals surface area contributed by atoms with Gasteiger partial charge in [0.1, 0.15) is 0 Å². The third-order valence-electron chi connectivity index (χ3n) is 1.41. The van der Waals surface area contributed by atoms with Crippen LogP contribution in [0.3, 0.4) is 0 Å². The van der Waals surface area contributed by atoms with Gasteiger partial charge in [-0.2, -0.15) is 0 Å². The van der Waals surface area contributed by atoms with Crippen molar-refractivity contribution in [2.45, 2.75) is 27.1 Å². The van der Waals surface area contributed by atoms with Gasteiger partial charge in [0.2, 0.25) is 0 Å². The lowest BCUT2D eigenvalue weighted by atomic mass is 10.2. The van der Waals surface area contributed by atoms with E-state index in [0.29, 0.717) is 12.5 Å². The summed E-state index contributed by atoms with van der Waals surface area (Å²) in [5.74, 6) is -0.558. The molecule has 0 spiro atoms. The predicted molar refractivity (Wildman–Crippen MR) is 53.1 cm³/mol. The highest BCUT2D eigenvalue weighted by atomic mass is 19.1. The Bertz CT molecular complexity index is 173. The summed E-state index contributed by atoms with van der Waals surface area (Å²) in [6.45, 7) is 6.70. The largest absolute Gasteiger partial charge is 0.462 e. The maximum absolute atomic E-state index is 12.8. The van der Waals surface area contributed by atoms with Crippen LogP contribution in [0.1, 0.15) is 20.8 Å². The van der Waals surface area contributed by atoms with Crippen LogP contribution in [0, 0.1) is 5.92 Å². The van der Waals surface area contributed by atoms with E-state index in [-0.39, 0.29) is 19.8 Å². The summed E-state index contributed by atoms with van der Waals surface area (Å²) < 4.78 is 26.9. The molecule has 0 saturated carbocycles. The summed E-state index contributed by atoms with van der Waals surface area (Å²) in [5, 5.41) is 0. The number of esters is 1. The number of alkyl halides is 1. The zero-order chi connectivity index (χ0) is 11.7. The third kappa shape index (κ3) is 8.32. The van der Waals surface area contributed by atoms with Crippen molar-refractivity contribution in [3.05, 3.63) is 0 Å². The fourth-order valence-corrected chi connectivity index (χ4v) is 0.805. The molecule has 0 aromatic carbocycles. The van der Waals surface area contributed by atoms with Crippen LogP contribution < -0.4 is 0 Å². The lowest BCUT2D eigenvalue weighted by Gasteiger charge is -2.10. The summed E-state index contributed by atoms with van der Waals surface area (Å²) in [5.41, 5.74) is 0. The molecule has 0 saturated heterocycles. The van der Waals surface area contributed by atoms with Gasteiger partial charge in [0.05, 0.1) is 19.8 Å². The Morgan fingerprint density at radius 1 is 1.33 bits per heavy atom. The Morgan fingerprint density at radius 2 is 2.00 bits per heavy atom. The van der Waals surface area contributed by atoms with E-state index in [9.17, 15) is 9.18 Å². The number of rotatable bonds is 8. The normalized spacial score (nSPS) is 12.9. The Balaban J connectivity index is 3.38. The molecule has 0 rings (SSSR count). The van der Waals surface area contributed by atoms with Gasteiger partial charge >= 0.3 is 5.97 Å². The zero-order valence-corrected chi connectivity index (χ0v) is 9.49. The molecule has 0 amide bonds. The van der Waals surface area contributed by atoms with Crippen LogP contribution in [-0.2, 0) is 19.0 Å². The first-order chi connectivity index (χ1) is 7.07. The first-order valence-electron chi connectivity index (χ1n) is 5.08. The molecule has 0 aromatic rings. The van der Waals surface area contributed by atoms with Gasteiger partial charge in [-0.25, -0.2) is 9.18 Å². The van der Waals surface area contributed by atoms with Crippen LogP contribution in [-0.4, -0.2) is 38.8 Å². The molecule has 0 fully saturated rings. The lowest BCUT2D eigenvalue weighted by Crippen LogP contribution is -2.24.